The van der Waals surface area contributed by atoms with Gasteiger partial charge in [0.1, 0.15) is 0 Å². The molecule has 0 unspecified atom stereocenters. The summed E-state index contributed by atoms with van der Waals surface area (Å²) in [5.41, 5.74) is 7.77. The zero-order chi connectivity index (χ0) is 13.0. The number of nitrogens with one attached hydrogen (secondary N) is 1. The first-order valence-electron chi connectivity index (χ1n) is 6.75. The number of nitrogen functional groups attached to an aromatic ring is 1. The molecule has 3 heteroatoms. The lowest BCUT2D eigenvalue weighted by Crippen LogP contribution is -2.42. The van der Waals surface area contributed by atoms with Crippen molar-refractivity contribution in [3.05, 3.63) is 29.8 Å². The van der Waals surface area contributed by atoms with E-state index >= 15 is 0 Å². The van der Waals surface area contributed by atoms with E-state index in [4.69, 9.17) is 5.73 Å². The third-order valence-corrected chi connectivity index (χ3v) is 4.14. The molecule has 1 aromatic rings. The number of anilines is 1. The van der Waals surface area contributed by atoms with Crippen molar-refractivity contribution in [2.45, 2.75) is 39.0 Å². The molecule has 1 aromatic carbocycles. The lowest BCUT2D eigenvalue weighted by Gasteiger charge is -2.41. The highest BCUT2D eigenvalue weighted by molar-refractivity contribution is 5.78. The quantitative estimate of drug-likeness (QED) is 0.784. The van der Waals surface area contributed by atoms with Crippen molar-refractivity contribution in [1.29, 1.82) is 0 Å². The Labute approximate surface area is 109 Å². The van der Waals surface area contributed by atoms with Gasteiger partial charge in [-0.3, -0.25) is 4.79 Å². The molecule has 0 aromatic heterocycles. The standard InChI is InChI=1S/C15H22N2O/c1-2-15(7-4-8-15)11-17-14(18)10-12-5-3-6-13(16)9-12/h3,5-6,9H,2,4,7-8,10-11,16H2,1H3,(H,17,18). The maximum atomic E-state index is 11.9. The number of benzene rings is 1. The molecule has 0 saturated heterocycles. The Bertz CT molecular complexity index is 419. The maximum Gasteiger partial charge on any atom is 0.224 e. The van der Waals surface area contributed by atoms with Crippen LogP contribution in [-0.4, -0.2) is 12.5 Å². The SMILES string of the molecule is CCC1(CNC(=O)Cc2cccc(N)c2)CCC1. The predicted molar refractivity (Wildman–Crippen MR) is 74.1 cm³/mol. The van der Waals surface area contributed by atoms with Gasteiger partial charge < -0.3 is 11.1 Å². The van der Waals surface area contributed by atoms with Crippen molar-refractivity contribution in [1.82, 2.24) is 5.32 Å². The smallest absolute Gasteiger partial charge is 0.224 e. The minimum atomic E-state index is 0.0975. The van der Waals surface area contributed by atoms with Gasteiger partial charge >= 0.3 is 0 Å². The Kier molecular flexibility index (Phi) is 3.90. The van der Waals surface area contributed by atoms with Crippen LogP contribution in [0.3, 0.4) is 0 Å². The van der Waals surface area contributed by atoms with E-state index < -0.39 is 0 Å². The molecule has 0 spiro atoms. The molecule has 18 heavy (non-hydrogen) atoms. The van der Waals surface area contributed by atoms with Crippen molar-refractivity contribution in [3.63, 3.8) is 0 Å². The van der Waals surface area contributed by atoms with Gasteiger partial charge in [0, 0.05) is 12.2 Å². The van der Waals surface area contributed by atoms with Crippen LogP contribution in [0.4, 0.5) is 5.69 Å². The van der Waals surface area contributed by atoms with E-state index in [1.807, 2.05) is 24.3 Å². The van der Waals surface area contributed by atoms with E-state index in [-0.39, 0.29) is 5.91 Å². The molecular weight excluding hydrogens is 224 g/mol. The summed E-state index contributed by atoms with van der Waals surface area (Å²) in [4.78, 5) is 11.9. The first kappa shape index (κ1) is 12.9. The fourth-order valence-electron chi connectivity index (χ4n) is 2.57. The van der Waals surface area contributed by atoms with Crippen LogP contribution in [-0.2, 0) is 11.2 Å². The molecule has 0 radical (unpaired) electrons. The topological polar surface area (TPSA) is 55.1 Å². The van der Waals surface area contributed by atoms with Gasteiger partial charge in [-0.05, 0) is 42.4 Å². The number of rotatable bonds is 5. The van der Waals surface area contributed by atoms with Crippen LogP contribution in [0.15, 0.2) is 24.3 Å². The van der Waals surface area contributed by atoms with Crippen LogP contribution < -0.4 is 11.1 Å². The van der Waals surface area contributed by atoms with E-state index in [0.29, 0.717) is 17.5 Å². The number of nitrogens with two attached hydrogens (primary N) is 1. The predicted octanol–water partition coefficient (Wildman–Crippen LogP) is 2.51. The first-order chi connectivity index (χ1) is 8.63. The highest BCUT2D eigenvalue weighted by Crippen LogP contribution is 2.42. The summed E-state index contributed by atoms with van der Waals surface area (Å²) in [6, 6.07) is 7.52. The largest absolute Gasteiger partial charge is 0.399 e. The van der Waals surface area contributed by atoms with E-state index in [0.717, 1.165) is 18.5 Å². The molecule has 0 bridgehead atoms. The van der Waals surface area contributed by atoms with Crippen molar-refractivity contribution in [2.75, 3.05) is 12.3 Å². The second kappa shape index (κ2) is 5.42. The maximum absolute atomic E-state index is 11.9. The number of carbonyl (C=O) groups is 1. The monoisotopic (exact) mass is 246 g/mol. The first-order valence-corrected chi connectivity index (χ1v) is 6.75. The van der Waals surface area contributed by atoms with E-state index in [9.17, 15) is 4.79 Å². The minimum absolute atomic E-state index is 0.0975. The van der Waals surface area contributed by atoms with Crippen LogP contribution in [0.1, 0.15) is 38.2 Å². The number of carbonyl (C=O) groups excluding carboxylic acids is 1. The second-order valence-electron chi connectivity index (χ2n) is 5.41. The summed E-state index contributed by atoms with van der Waals surface area (Å²) in [5.74, 6) is 0.0975. The molecule has 0 atom stereocenters. The molecule has 0 aliphatic heterocycles. The average molecular weight is 246 g/mol. The molecule has 1 aliphatic carbocycles. The van der Waals surface area contributed by atoms with Gasteiger partial charge in [0.15, 0.2) is 0 Å². The molecule has 98 valence electrons. The number of amides is 1. The van der Waals surface area contributed by atoms with E-state index in [1.54, 1.807) is 0 Å². The molecule has 1 fully saturated rings. The van der Waals surface area contributed by atoms with Gasteiger partial charge in [-0.2, -0.15) is 0 Å². The van der Waals surface area contributed by atoms with Gasteiger partial charge in [-0.15, -0.1) is 0 Å². The molecule has 1 saturated carbocycles. The second-order valence-corrected chi connectivity index (χ2v) is 5.41. The lowest BCUT2D eigenvalue weighted by atomic mass is 9.67. The van der Waals surface area contributed by atoms with Crippen LogP contribution in [0.5, 0.6) is 0 Å². The van der Waals surface area contributed by atoms with Gasteiger partial charge in [0.25, 0.3) is 0 Å². The highest BCUT2D eigenvalue weighted by atomic mass is 16.1. The molecule has 1 amide bonds. The van der Waals surface area contributed by atoms with Gasteiger partial charge in [-0.25, -0.2) is 0 Å². The molecular formula is C15H22N2O. The lowest BCUT2D eigenvalue weighted by molar-refractivity contribution is -0.121. The van der Waals surface area contributed by atoms with Gasteiger partial charge in [0.2, 0.25) is 5.91 Å². The summed E-state index contributed by atoms with van der Waals surface area (Å²) >= 11 is 0. The Morgan fingerprint density at radius 2 is 2.22 bits per heavy atom. The fourth-order valence-corrected chi connectivity index (χ4v) is 2.57. The van der Waals surface area contributed by atoms with Crippen molar-refractivity contribution in [3.8, 4) is 0 Å². The Hall–Kier alpha value is -1.51. The molecule has 3 N–H and O–H groups in total. The van der Waals surface area contributed by atoms with E-state index in [2.05, 4.69) is 12.2 Å². The third kappa shape index (κ3) is 3.03. The zero-order valence-corrected chi connectivity index (χ0v) is 11.0. The Morgan fingerprint density at radius 3 is 2.78 bits per heavy atom. The van der Waals surface area contributed by atoms with Crippen LogP contribution >= 0.6 is 0 Å². The summed E-state index contributed by atoms with van der Waals surface area (Å²) in [5, 5.41) is 3.06. The molecule has 2 rings (SSSR count). The highest BCUT2D eigenvalue weighted by Gasteiger charge is 2.35. The number of hydrogen-bond donors (Lipinski definition) is 2. The summed E-state index contributed by atoms with van der Waals surface area (Å²) in [6.45, 7) is 3.04. The molecule has 3 nitrogen and oxygen atoms in total. The summed E-state index contributed by atoms with van der Waals surface area (Å²) in [6.07, 6.45) is 5.39. The van der Waals surface area contributed by atoms with Crippen LogP contribution in [0, 0.1) is 5.41 Å². The Balaban J connectivity index is 1.82. The average Bonchev–Trinajstić information content (AvgIpc) is 2.28. The minimum Gasteiger partial charge on any atom is -0.399 e. The van der Waals surface area contributed by atoms with Crippen molar-refractivity contribution >= 4 is 11.6 Å². The Morgan fingerprint density at radius 1 is 1.44 bits per heavy atom. The number of hydrogen-bond acceptors (Lipinski definition) is 2. The summed E-state index contributed by atoms with van der Waals surface area (Å²) < 4.78 is 0. The fraction of sp³-hybridized carbons (Fsp3) is 0.533. The van der Waals surface area contributed by atoms with Crippen LogP contribution in [0.2, 0.25) is 0 Å². The normalized spacial score (nSPS) is 16.9. The van der Waals surface area contributed by atoms with Crippen molar-refractivity contribution < 1.29 is 4.79 Å². The van der Waals surface area contributed by atoms with Crippen molar-refractivity contribution in [2.24, 2.45) is 5.41 Å². The third-order valence-electron chi connectivity index (χ3n) is 4.14. The van der Waals surface area contributed by atoms with Gasteiger partial charge in [-0.1, -0.05) is 25.5 Å². The van der Waals surface area contributed by atoms with Crippen LogP contribution in [0.25, 0.3) is 0 Å². The summed E-state index contributed by atoms with van der Waals surface area (Å²) in [7, 11) is 0. The molecule has 0 heterocycles. The zero-order valence-electron chi connectivity index (χ0n) is 11.0. The van der Waals surface area contributed by atoms with Gasteiger partial charge in [0.05, 0.1) is 6.42 Å². The molecule has 1 aliphatic rings. The van der Waals surface area contributed by atoms with E-state index in [1.165, 1.54) is 19.3 Å².